The van der Waals surface area contributed by atoms with Gasteiger partial charge in [-0.25, -0.2) is 4.68 Å². The number of ether oxygens (including phenoxy) is 1. The second kappa shape index (κ2) is 5.84. The molecule has 0 amide bonds. The van der Waals surface area contributed by atoms with Crippen molar-refractivity contribution in [1.29, 1.82) is 0 Å². The van der Waals surface area contributed by atoms with E-state index in [1.807, 2.05) is 28.9 Å². The number of hydrogen-bond donors (Lipinski definition) is 1. The fourth-order valence-electron chi connectivity index (χ4n) is 1.99. The van der Waals surface area contributed by atoms with Crippen LogP contribution in [-0.4, -0.2) is 27.2 Å². The maximum atomic E-state index is 9.39. The maximum Gasteiger partial charge on any atom is 0.118 e. The molecule has 5 heteroatoms. The van der Waals surface area contributed by atoms with Gasteiger partial charge in [-0.3, -0.25) is 0 Å². The summed E-state index contributed by atoms with van der Waals surface area (Å²) in [5.74, 6) is 1.27. The molecule has 5 nitrogen and oxygen atoms in total. The van der Waals surface area contributed by atoms with Gasteiger partial charge in [0.25, 0.3) is 0 Å². The molecule has 0 bridgehead atoms. The molecule has 102 valence electrons. The molecule has 0 spiro atoms. The third kappa shape index (κ3) is 2.93. The molecule has 19 heavy (non-hydrogen) atoms. The Balaban J connectivity index is 2.42. The van der Waals surface area contributed by atoms with Gasteiger partial charge in [-0.1, -0.05) is 19.1 Å². The monoisotopic (exact) mass is 261 g/mol. The molecule has 0 fully saturated rings. The second-order valence-electron chi connectivity index (χ2n) is 4.85. The van der Waals surface area contributed by atoms with Crippen LogP contribution in [0.15, 0.2) is 24.3 Å². The minimum Gasteiger partial charge on any atom is -0.497 e. The molecule has 1 aromatic carbocycles. The van der Waals surface area contributed by atoms with E-state index in [9.17, 15) is 5.11 Å². The van der Waals surface area contributed by atoms with E-state index in [1.165, 1.54) is 0 Å². The highest BCUT2D eigenvalue weighted by molar-refractivity contribution is 5.62. The summed E-state index contributed by atoms with van der Waals surface area (Å²) in [6.45, 7) is 4.91. The molecule has 0 saturated heterocycles. The number of aliphatic hydroxyl groups is 1. The Bertz CT molecular complexity index is 532. The Kier molecular flexibility index (Phi) is 4.16. The predicted molar refractivity (Wildman–Crippen MR) is 72.8 cm³/mol. The molecule has 1 heterocycles. The van der Waals surface area contributed by atoms with Crippen LogP contribution in [-0.2, 0) is 13.2 Å². The lowest BCUT2D eigenvalue weighted by Gasteiger charge is -2.10. The van der Waals surface area contributed by atoms with E-state index in [0.29, 0.717) is 11.6 Å². The summed E-state index contributed by atoms with van der Waals surface area (Å²) in [6.07, 6.45) is 0. The van der Waals surface area contributed by atoms with Crippen LogP contribution in [0, 0.1) is 5.92 Å². The SMILES string of the molecule is COc1ccc(-c2c(CO)nnn2CC(C)C)cc1. The van der Waals surface area contributed by atoms with Gasteiger partial charge in [0, 0.05) is 12.1 Å². The highest BCUT2D eigenvalue weighted by Gasteiger charge is 2.15. The van der Waals surface area contributed by atoms with Crippen LogP contribution < -0.4 is 4.74 Å². The first-order chi connectivity index (χ1) is 9.15. The first-order valence-corrected chi connectivity index (χ1v) is 6.33. The molecule has 0 aliphatic heterocycles. The third-order valence-electron chi connectivity index (χ3n) is 2.86. The van der Waals surface area contributed by atoms with Crippen molar-refractivity contribution in [3.05, 3.63) is 30.0 Å². The number of nitrogens with zero attached hydrogens (tertiary/aromatic N) is 3. The van der Waals surface area contributed by atoms with Crippen molar-refractivity contribution in [3.8, 4) is 17.0 Å². The minimum atomic E-state index is -0.112. The molecule has 0 atom stereocenters. The smallest absolute Gasteiger partial charge is 0.118 e. The summed E-state index contributed by atoms with van der Waals surface area (Å²) in [5.41, 5.74) is 2.46. The van der Waals surface area contributed by atoms with Gasteiger partial charge in [0.1, 0.15) is 11.4 Å². The summed E-state index contributed by atoms with van der Waals surface area (Å²) in [5, 5.41) is 17.5. The van der Waals surface area contributed by atoms with E-state index < -0.39 is 0 Å². The molecular formula is C14H19N3O2. The van der Waals surface area contributed by atoms with Crippen LogP contribution in [0.1, 0.15) is 19.5 Å². The van der Waals surface area contributed by atoms with Crippen molar-refractivity contribution >= 4 is 0 Å². The fourth-order valence-corrected chi connectivity index (χ4v) is 1.99. The van der Waals surface area contributed by atoms with Crippen LogP contribution in [0.25, 0.3) is 11.3 Å². The van der Waals surface area contributed by atoms with Gasteiger partial charge < -0.3 is 9.84 Å². The second-order valence-corrected chi connectivity index (χ2v) is 4.85. The Morgan fingerprint density at radius 1 is 1.26 bits per heavy atom. The van der Waals surface area contributed by atoms with Crippen molar-refractivity contribution in [1.82, 2.24) is 15.0 Å². The van der Waals surface area contributed by atoms with E-state index >= 15 is 0 Å². The predicted octanol–water partition coefficient (Wildman–Crippen LogP) is 2.10. The zero-order valence-electron chi connectivity index (χ0n) is 11.5. The van der Waals surface area contributed by atoms with Gasteiger partial charge in [0.05, 0.1) is 19.4 Å². The van der Waals surface area contributed by atoms with Crippen LogP contribution >= 0.6 is 0 Å². The molecule has 0 unspecified atom stereocenters. The van der Waals surface area contributed by atoms with Gasteiger partial charge in [-0.2, -0.15) is 0 Å². The van der Waals surface area contributed by atoms with Crippen molar-refractivity contribution in [2.24, 2.45) is 5.92 Å². The van der Waals surface area contributed by atoms with Crippen LogP contribution in [0.2, 0.25) is 0 Å². The molecule has 1 N–H and O–H groups in total. The van der Waals surface area contributed by atoms with E-state index in [4.69, 9.17) is 4.74 Å². The molecule has 0 radical (unpaired) electrons. The Morgan fingerprint density at radius 2 is 1.95 bits per heavy atom. The lowest BCUT2D eigenvalue weighted by Crippen LogP contribution is -2.08. The van der Waals surface area contributed by atoms with Gasteiger partial charge in [0.15, 0.2) is 0 Å². The summed E-state index contributed by atoms with van der Waals surface area (Å²) in [6, 6.07) is 7.69. The molecule has 0 aliphatic rings. The van der Waals surface area contributed by atoms with Crippen molar-refractivity contribution in [3.63, 3.8) is 0 Å². The Hall–Kier alpha value is -1.88. The highest BCUT2D eigenvalue weighted by Crippen LogP contribution is 2.25. The first-order valence-electron chi connectivity index (χ1n) is 6.33. The number of rotatable bonds is 5. The molecule has 2 rings (SSSR count). The Labute approximate surface area is 112 Å². The lowest BCUT2D eigenvalue weighted by molar-refractivity contribution is 0.277. The van der Waals surface area contributed by atoms with Crippen LogP contribution in [0.4, 0.5) is 0 Å². The van der Waals surface area contributed by atoms with Crippen LogP contribution in [0.5, 0.6) is 5.75 Å². The zero-order chi connectivity index (χ0) is 13.8. The van der Waals surface area contributed by atoms with Crippen molar-refractivity contribution in [2.75, 3.05) is 7.11 Å². The van der Waals surface area contributed by atoms with Gasteiger partial charge in [-0.05, 0) is 30.2 Å². The first kappa shape index (κ1) is 13.5. The van der Waals surface area contributed by atoms with Crippen molar-refractivity contribution < 1.29 is 9.84 Å². The van der Waals surface area contributed by atoms with E-state index in [1.54, 1.807) is 7.11 Å². The van der Waals surface area contributed by atoms with E-state index in [-0.39, 0.29) is 6.61 Å². The number of aliphatic hydroxyl groups excluding tert-OH is 1. The zero-order valence-corrected chi connectivity index (χ0v) is 11.5. The maximum absolute atomic E-state index is 9.39. The van der Waals surface area contributed by atoms with Gasteiger partial charge >= 0.3 is 0 Å². The molecule has 2 aromatic rings. The number of aromatic nitrogens is 3. The average Bonchev–Trinajstić information content (AvgIpc) is 2.81. The lowest BCUT2D eigenvalue weighted by atomic mass is 10.1. The Morgan fingerprint density at radius 3 is 2.47 bits per heavy atom. The van der Waals surface area contributed by atoms with E-state index in [0.717, 1.165) is 23.6 Å². The number of hydrogen-bond acceptors (Lipinski definition) is 4. The third-order valence-corrected chi connectivity index (χ3v) is 2.86. The number of benzene rings is 1. The molecule has 0 aliphatic carbocycles. The summed E-state index contributed by atoms with van der Waals surface area (Å²) < 4.78 is 7.00. The normalized spacial score (nSPS) is 11.0. The summed E-state index contributed by atoms with van der Waals surface area (Å²) in [4.78, 5) is 0. The molecule has 0 saturated carbocycles. The highest BCUT2D eigenvalue weighted by atomic mass is 16.5. The molecular weight excluding hydrogens is 242 g/mol. The average molecular weight is 261 g/mol. The van der Waals surface area contributed by atoms with Gasteiger partial charge in [0.2, 0.25) is 0 Å². The minimum absolute atomic E-state index is 0.112. The van der Waals surface area contributed by atoms with Crippen molar-refractivity contribution in [2.45, 2.75) is 27.0 Å². The quantitative estimate of drug-likeness (QED) is 0.895. The topological polar surface area (TPSA) is 60.2 Å². The summed E-state index contributed by atoms with van der Waals surface area (Å²) in [7, 11) is 1.64. The number of methoxy groups -OCH3 is 1. The van der Waals surface area contributed by atoms with Gasteiger partial charge in [-0.15, -0.1) is 5.10 Å². The summed E-state index contributed by atoms with van der Waals surface area (Å²) >= 11 is 0. The van der Waals surface area contributed by atoms with Crippen LogP contribution in [0.3, 0.4) is 0 Å². The largest absolute Gasteiger partial charge is 0.497 e. The standard InChI is InChI=1S/C14H19N3O2/c1-10(2)8-17-14(13(9-18)15-16-17)11-4-6-12(19-3)7-5-11/h4-7,10,18H,8-9H2,1-3H3. The molecule has 1 aromatic heterocycles. The van der Waals surface area contributed by atoms with E-state index in [2.05, 4.69) is 24.2 Å². The fraction of sp³-hybridized carbons (Fsp3) is 0.429.